The summed E-state index contributed by atoms with van der Waals surface area (Å²) in [7, 11) is 1.63. The van der Waals surface area contributed by atoms with Crippen LogP contribution in [0.25, 0.3) is 0 Å². The van der Waals surface area contributed by atoms with Crippen LogP contribution in [-0.2, 0) is 0 Å². The molecule has 112 valence electrons. The number of nitrogen functional groups attached to an aromatic ring is 1. The van der Waals surface area contributed by atoms with Crippen molar-refractivity contribution in [2.24, 2.45) is 5.92 Å². The van der Waals surface area contributed by atoms with E-state index >= 15 is 0 Å². The molecule has 0 spiro atoms. The van der Waals surface area contributed by atoms with Gasteiger partial charge in [0.1, 0.15) is 5.00 Å². The monoisotopic (exact) mass is 296 g/mol. The van der Waals surface area contributed by atoms with Gasteiger partial charge in [0.2, 0.25) is 0 Å². The van der Waals surface area contributed by atoms with Gasteiger partial charge >= 0.3 is 0 Å². The molecular formula is C15H24N2O2S. The van der Waals surface area contributed by atoms with E-state index in [1.807, 2.05) is 13.8 Å². The van der Waals surface area contributed by atoms with Crippen LogP contribution in [0.2, 0.25) is 0 Å². The molecule has 2 heterocycles. The lowest BCUT2D eigenvalue weighted by atomic mass is 10.1. The van der Waals surface area contributed by atoms with Gasteiger partial charge in [-0.15, -0.1) is 11.3 Å². The summed E-state index contributed by atoms with van der Waals surface area (Å²) < 4.78 is 5.47. The van der Waals surface area contributed by atoms with Crippen LogP contribution >= 0.6 is 11.3 Å². The molecule has 2 rings (SSSR count). The number of ketones is 1. The topological polar surface area (TPSA) is 55.6 Å². The maximum Gasteiger partial charge on any atom is 0.177 e. The number of carbonyl (C=O) groups is 1. The molecule has 0 aliphatic carbocycles. The molecule has 0 saturated carbocycles. The van der Waals surface area contributed by atoms with E-state index in [0.29, 0.717) is 16.3 Å². The van der Waals surface area contributed by atoms with Crippen molar-refractivity contribution in [3.8, 4) is 5.75 Å². The maximum absolute atomic E-state index is 12.3. The van der Waals surface area contributed by atoms with E-state index < -0.39 is 0 Å². The molecule has 0 radical (unpaired) electrons. The predicted molar refractivity (Wildman–Crippen MR) is 85.1 cm³/mol. The molecule has 1 aliphatic heterocycles. The van der Waals surface area contributed by atoms with E-state index in [1.54, 1.807) is 7.11 Å². The van der Waals surface area contributed by atoms with Gasteiger partial charge in [-0.1, -0.05) is 26.7 Å². The van der Waals surface area contributed by atoms with Gasteiger partial charge in [0.15, 0.2) is 11.5 Å². The van der Waals surface area contributed by atoms with Crippen molar-refractivity contribution in [1.29, 1.82) is 0 Å². The summed E-state index contributed by atoms with van der Waals surface area (Å²) in [6, 6.07) is 0. The Hall–Kier alpha value is -1.23. The SMILES string of the molecule is COc1c(N2CCCCCC2)sc(C(=O)C(C)C)c1N. The van der Waals surface area contributed by atoms with Gasteiger partial charge in [0.25, 0.3) is 0 Å². The van der Waals surface area contributed by atoms with Crippen molar-refractivity contribution in [3.63, 3.8) is 0 Å². The third kappa shape index (κ3) is 2.92. The van der Waals surface area contributed by atoms with Gasteiger partial charge in [-0.2, -0.15) is 0 Å². The van der Waals surface area contributed by atoms with Crippen LogP contribution in [-0.4, -0.2) is 26.0 Å². The van der Waals surface area contributed by atoms with Gasteiger partial charge in [-0.3, -0.25) is 4.79 Å². The first kappa shape index (κ1) is 15.2. The quantitative estimate of drug-likeness (QED) is 0.863. The summed E-state index contributed by atoms with van der Waals surface area (Å²) in [5.41, 5.74) is 6.65. The zero-order chi connectivity index (χ0) is 14.7. The summed E-state index contributed by atoms with van der Waals surface area (Å²) in [5.74, 6) is 0.741. The van der Waals surface area contributed by atoms with Crippen molar-refractivity contribution in [3.05, 3.63) is 4.88 Å². The Morgan fingerprint density at radius 2 is 1.85 bits per heavy atom. The molecule has 5 heteroatoms. The lowest BCUT2D eigenvalue weighted by Crippen LogP contribution is -2.23. The number of methoxy groups -OCH3 is 1. The molecule has 2 N–H and O–H groups in total. The number of rotatable bonds is 4. The highest BCUT2D eigenvalue weighted by Gasteiger charge is 2.26. The Morgan fingerprint density at radius 3 is 2.35 bits per heavy atom. The van der Waals surface area contributed by atoms with Crippen LogP contribution in [0.4, 0.5) is 10.7 Å². The number of nitrogens with two attached hydrogens (primary N) is 1. The molecule has 4 nitrogen and oxygen atoms in total. The molecule has 1 aliphatic rings. The lowest BCUT2D eigenvalue weighted by molar-refractivity contribution is 0.0944. The largest absolute Gasteiger partial charge is 0.492 e. The fourth-order valence-corrected chi connectivity index (χ4v) is 3.87. The zero-order valence-corrected chi connectivity index (χ0v) is 13.4. The minimum absolute atomic E-state index is 0.0439. The fraction of sp³-hybridized carbons (Fsp3) is 0.667. The summed E-state index contributed by atoms with van der Waals surface area (Å²) in [6.07, 6.45) is 4.93. The number of ether oxygens (including phenoxy) is 1. The van der Waals surface area contributed by atoms with E-state index in [9.17, 15) is 4.79 Å². The van der Waals surface area contributed by atoms with Crippen molar-refractivity contribution in [1.82, 2.24) is 0 Å². The molecule has 0 amide bonds. The number of thiophene rings is 1. The average molecular weight is 296 g/mol. The Labute approximate surface area is 124 Å². The van der Waals surface area contributed by atoms with Crippen molar-refractivity contribution < 1.29 is 9.53 Å². The summed E-state index contributed by atoms with van der Waals surface area (Å²) in [5, 5.41) is 1.02. The number of Topliss-reactive ketones (excluding diaryl/α,β-unsaturated/α-hetero) is 1. The number of anilines is 2. The van der Waals surface area contributed by atoms with Crippen molar-refractivity contribution in [2.75, 3.05) is 30.8 Å². The number of hydrogen-bond donors (Lipinski definition) is 1. The normalized spacial score (nSPS) is 16.3. The van der Waals surface area contributed by atoms with Crippen molar-refractivity contribution >= 4 is 27.8 Å². The summed E-state index contributed by atoms with van der Waals surface area (Å²) >= 11 is 1.49. The fourth-order valence-electron chi connectivity index (χ4n) is 2.54. The molecule has 1 aromatic rings. The zero-order valence-electron chi connectivity index (χ0n) is 12.6. The Kier molecular flexibility index (Phi) is 4.91. The number of carbonyl (C=O) groups excluding carboxylic acids is 1. The standard InChI is InChI=1S/C15H24N2O2S/c1-10(2)12(18)14-11(16)13(19-3)15(20-14)17-8-6-4-5-7-9-17/h10H,4-9,16H2,1-3H3. The Morgan fingerprint density at radius 1 is 1.25 bits per heavy atom. The molecule has 0 atom stereocenters. The first-order chi connectivity index (χ1) is 9.56. The first-order valence-electron chi connectivity index (χ1n) is 7.31. The highest BCUT2D eigenvalue weighted by Crippen LogP contribution is 2.46. The second kappa shape index (κ2) is 6.48. The van der Waals surface area contributed by atoms with Gasteiger partial charge in [0, 0.05) is 19.0 Å². The number of hydrogen-bond acceptors (Lipinski definition) is 5. The smallest absolute Gasteiger partial charge is 0.177 e. The van der Waals surface area contributed by atoms with E-state index in [0.717, 1.165) is 18.1 Å². The van der Waals surface area contributed by atoms with Crippen molar-refractivity contribution in [2.45, 2.75) is 39.5 Å². The average Bonchev–Trinajstić information content (AvgIpc) is 2.62. The molecule has 0 unspecified atom stereocenters. The predicted octanol–water partition coefficient (Wildman–Crippen LogP) is 3.56. The van der Waals surface area contributed by atoms with E-state index in [-0.39, 0.29) is 11.7 Å². The molecule has 1 aromatic heterocycles. The molecule has 1 saturated heterocycles. The highest BCUT2D eigenvalue weighted by molar-refractivity contribution is 7.19. The van der Waals surface area contributed by atoms with Gasteiger partial charge in [0.05, 0.1) is 17.7 Å². The Bertz CT molecular complexity index is 474. The molecule has 1 fully saturated rings. The Balaban J connectivity index is 2.37. The maximum atomic E-state index is 12.3. The third-order valence-electron chi connectivity index (χ3n) is 3.73. The van der Waals surface area contributed by atoms with E-state index in [1.165, 1.54) is 37.0 Å². The summed E-state index contributed by atoms with van der Waals surface area (Å²) in [4.78, 5) is 15.2. The van der Waals surface area contributed by atoms with E-state index in [2.05, 4.69) is 4.90 Å². The van der Waals surface area contributed by atoms with Crippen LogP contribution in [0.1, 0.15) is 49.2 Å². The minimum atomic E-state index is -0.0439. The first-order valence-corrected chi connectivity index (χ1v) is 8.13. The minimum Gasteiger partial charge on any atom is -0.492 e. The third-order valence-corrected chi connectivity index (χ3v) is 4.99. The van der Waals surface area contributed by atoms with E-state index in [4.69, 9.17) is 10.5 Å². The van der Waals surface area contributed by atoms with Gasteiger partial charge in [-0.05, 0) is 12.8 Å². The second-order valence-electron chi connectivity index (χ2n) is 5.60. The van der Waals surface area contributed by atoms with Crippen LogP contribution in [0, 0.1) is 5.92 Å². The molecule has 0 aromatic carbocycles. The van der Waals surface area contributed by atoms with Gasteiger partial charge < -0.3 is 15.4 Å². The van der Waals surface area contributed by atoms with Gasteiger partial charge in [-0.25, -0.2) is 0 Å². The number of nitrogens with zero attached hydrogens (tertiary/aromatic N) is 1. The van der Waals surface area contributed by atoms with Crippen LogP contribution in [0.3, 0.4) is 0 Å². The molecule has 0 bridgehead atoms. The van der Waals surface area contributed by atoms with Crippen LogP contribution < -0.4 is 15.4 Å². The van der Waals surface area contributed by atoms with Crippen LogP contribution in [0.5, 0.6) is 5.75 Å². The highest BCUT2D eigenvalue weighted by atomic mass is 32.1. The molecule has 20 heavy (non-hydrogen) atoms. The summed E-state index contributed by atoms with van der Waals surface area (Å²) in [6.45, 7) is 5.84. The second-order valence-corrected chi connectivity index (χ2v) is 6.60. The molecular weight excluding hydrogens is 272 g/mol. The van der Waals surface area contributed by atoms with Crippen LogP contribution in [0.15, 0.2) is 0 Å². The lowest BCUT2D eigenvalue weighted by Gasteiger charge is -2.21.